The van der Waals surface area contributed by atoms with E-state index < -0.39 is 0 Å². The van der Waals surface area contributed by atoms with Gasteiger partial charge in [0.05, 0.1) is 15.8 Å². The summed E-state index contributed by atoms with van der Waals surface area (Å²) in [5.74, 6) is 0.643. The Balaban J connectivity index is 2.37. The normalized spacial score (nSPS) is 10.2. The predicted octanol–water partition coefficient (Wildman–Crippen LogP) is 3.70. The maximum absolute atomic E-state index is 5.93. The molecule has 0 radical (unpaired) electrons. The first kappa shape index (κ1) is 13.1. The van der Waals surface area contributed by atoms with Crippen LogP contribution in [0.4, 0.5) is 17.2 Å². The van der Waals surface area contributed by atoms with Crippen molar-refractivity contribution in [3.05, 3.63) is 40.2 Å². The molecule has 0 saturated heterocycles. The van der Waals surface area contributed by atoms with Crippen molar-refractivity contribution in [1.82, 2.24) is 9.97 Å². The van der Waals surface area contributed by atoms with Gasteiger partial charge >= 0.3 is 0 Å². The molecule has 0 aliphatic carbocycles. The van der Waals surface area contributed by atoms with Crippen molar-refractivity contribution in [1.29, 1.82) is 0 Å². The van der Waals surface area contributed by atoms with E-state index in [1.54, 1.807) is 0 Å². The summed E-state index contributed by atoms with van der Waals surface area (Å²) in [7, 11) is 3.98. The van der Waals surface area contributed by atoms with E-state index in [4.69, 9.17) is 11.6 Å². The summed E-state index contributed by atoms with van der Waals surface area (Å²) in [6.07, 6.45) is 1.42. The molecule has 0 unspecified atom stereocenters. The van der Waals surface area contributed by atoms with Crippen LogP contribution in [0.2, 0.25) is 5.15 Å². The number of nitrogens with zero attached hydrogens (tertiary/aromatic N) is 3. The summed E-state index contributed by atoms with van der Waals surface area (Å²) in [5.41, 5.74) is 2.03. The van der Waals surface area contributed by atoms with E-state index in [1.165, 1.54) is 6.33 Å². The molecule has 1 N–H and O–H groups in total. The number of hydrogen-bond donors (Lipinski definition) is 1. The molecule has 18 heavy (non-hydrogen) atoms. The van der Waals surface area contributed by atoms with Crippen molar-refractivity contribution in [3.63, 3.8) is 0 Å². The first-order valence-corrected chi connectivity index (χ1v) is 6.46. The topological polar surface area (TPSA) is 41.0 Å². The van der Waals surface area contributed by atoms with Gasteiger partial charge in [-0.25, -0.2) is 9.97 Å². The monoisotopic (exact) mass is 326 g/mol. The zero-order chi connectivity index (χ0) is 13.1. The van der Waals surface area contributed by atoms with E-state index in [1.807, 2.05) is 43.3 Å². The zero-order valence-corrected chi connectivity index (χ0v) is 12.3. The van der Waals surface area contributed by atoms with Crippen molar-refractivity contribution < 1.29 is 0 Å². The molecule has 2 rings (SSSR count). The highest BCUT2D eigenvalue weighted by Crippen LogP contribution is 2.32. The third-order valence-corrected chi connectivity index (χ3v) is 3.65. The molecular weight excluding hydrogens is 316 g/mol. The average molecular weight is 328 g/mol. The molecule has 0 aliphatic rings. The number of anilines is 3. The number of aromatic nitrogens is 2. The first-order chi connectivity index (χ1) is 8.59. The van der Waals surface area contributed by atoms with E-state index >= 15 is 0 Å². The summed E-state index contributed by atoms with van der Waals surface area (Å²) in [6.45, 7) is 0. The Morgan fingerprint density at radius 2 is 1.94 bits per heavy atom. The fourth-order valence-corrected chi connectivity index (χ4v) is 1.97. The average Bonchev–Trinajstić information content (AvgIpc) is 2.35. The molecule has 0 amide bonds. The Morgan fingerprint density at radius 3 is 2.67 bits per heavy atom. The molecule has 94 valence electrons. The maximum Gasteiger partial charge on any atom is 0.149 e. The molecule has 1 aromatic carbocycles. The van der Waals surface area contributed by atoms with Crippen LogP contribution in [-0.4, -0.2) is 24.1 Å². The minimum atomic E-state index is 0.384. The lowest BCUT2D eigenvalue weighted by Gasteiger charge is -2.18. The summed E-state index contributed by atoms with van der Waals surface area (Å²) in [5, 5.41) is 3.62. The highest BCUT2D eigenvalue weighted by Gasteiger charge is 2.09. The number of benzene rings is 1. The Bertz CT molecular complexity index is 560. The van der Waals surface area contributed by atoms with Crippen LogP contribution in [0.3, 0.4) is 0 Å². The van der Waals surface area contributed by atoms with E-state index in [0.29, 0.717) is 15.4 Å². The van der Waals surface area contributed by atoms with Crippen LogP contribution in [0, 0.1) is 0 Å². The van der Waals surface area contributed by atoms with Crippen molar-refractivity contribution in [2.75, 3.05) is 24.3 Å². The molecule has 0 bridgehead atoms. The minimum absolute atomic E-state index is 0.384. The summed E-state index contributed by atoms with van der Waals surface area (Å²) < 4.78 is 0.653. The predicted molar refractivity (Wildman–Crippen MR) is 78.8 cm³/mol. The van der Waals surface area contributed by atoms with Crippen molar-refractivity contribution in [2.45, 2.75) is 0 Å². The number of nitrogens with one attached hydrogen (secondary N) is 1. The largest absolute Gasteiger partial charge is 0.376 e. The Kier molecular flexibility index (Phi) is 4.04. The fourth-order valence-electron chi connectivity index (χ4n) is 1.53. The van der Waals surface area contributed by atoms with Crippen LogP contribution in [0.15, 0.2) is 35.1 Å². The Labute approximate surface area is 119 Å². The van der Waals surface area contributed by atoms with Crippen LogP contribution in [-0.2, 0) is 0 Å². The number of halogens is 2. The molecule has 0 atom stereocenters. The molecule has 1 aromatic heterocycles. The number of hydrogen-bond acceptors (Lipinski definition) is 4. The van der Waals surface area contributed by atoms with Crippen LogP contribution >= 0.6 is 27.5 Å². The van der Waals surface area contributed by atoms with E-state index in [9.17, 15) is 0 Å². The van der Waals surface area contributed by atoms with E-state index in [0.717, 1.165) is 11.4 Å². The third-order valence-electron chi connectivity index (χ3n) is 2.39. The van der Waals surface area contributed by atoms with Crippen LogP contribution in [0.1, 0.15) is 0 Å². The van der Waals surface area contributed by atoms with Crippen molar-refractivity contribution >= 4 is 44.7 Å². The first-order valence-electron chi connectivity index (χ1n) is 5.29. The SMILES string of the molecule is CN(C)c1ccccc1Nc1ncnc(Cl)c1Br. The summed E-state index contributed by atoms with van der Waals surface area (Å²) in [6, 6.07) is 7.96. The standard InChI is InChI=1S/C12H12BrClN4/c1-18(2)9-6-4-3-5-8(9)17-12-10(13)11(14)15-7-16-12/h3-7H,1-2H3,(H,15,16,17). The van der Waals surface area contributed by atoms with Gasteiger partial charge in [-0.1, -0.05) is 23.7 Å². The Hall–Kier alpha value is -1.33. The second-order valence-corrected chi connectivity index (χ2v) is 5.01. The van der Waals surface area contributed by atoms with Crippen LogP contribution < -0.4 is 10.2 Å². The molecule has 0 fully saturated rings. The van der Waals surface area contributed by atoms with Crippen molar-refractivity contribution in [2.24, 2.45) is 0 Å². The van der Waals surface area contributed by atoms with Gasteiger partial charge in [0.25, 0.3) is 0 Å². The fraction of sp³-hybridized carbons (Fsp3) is 0.167. The molecular formula is C12H12BrClN4. The zero-order valence-electron chi connectivity index (χ0n) is 9.98. The van der Waals surface area contributed by atoms with Crippen LogP contribution in [0.5, 0.6) is 0 Å². The van der Waals surface area contributed by atoms with Gasteiger partial charge in [0.15, 0.2) is 0 Å². The van der Waals surface area contributed by atoms with Gasteiger partial charge in [0.1, 0.15) is 17.3 Å². The molecule has 1 heterocycles. The lowest BCUT2D eigenvalue weighted by molar-refractivity contribution is 1.12. The van der Waals surface area contributed by atoms with Crippen molar-refractivity contribution in [3.8, 4) is 0 Å². The highest BCUT2D eigenvalue weighted by molar-refractivity contribution is 9.10. The van der Waals surface area contributed by atoms with Gasteiger partial charge < -0.3 is 10.2 Å². The van der Waals surface area contributed by atoms with Gasteiger partial charge in [-0.3, -0.25) is 0 Å². The Morgan fingerprint density at radius 1 is 1.22 bits per heavy atom. The smallest absolute Gasteiger partial charge is 0.149 e. The maximum atomic E-state index is 5.93. The molecule has 0 spiro atoms. The summed E-state index contributed by atoms with van der Waals surface area (Å²) >= 11 is 9.30. The molecule has 0 saturated carbocycles. The molecule has 4 nitrogen and oxygen atoms in total. The quantitative estimate of drug-likeness (QED) is 0.873. The number of para-hydroxylation sites is 2. The second kappa shape index (κ2) is 5.54. The van der Waals surface area contributed by atoms with E-state index in [-0.39, 0.29) is 0 Å². The molecule has 6 heteroatoms. The van der Waals surface area contributed by atoms with Gasteiger partial charge in [-0.05, 0) is 28.1 Å². The van der Waals surface area contributed by atoms with Gasteiger partial charge in [0, 0.05) is 14.1 Å². The van der Waals surface area contributed by atoms with Crippen LogP contribution in [0.25, 0.3) is 0 Å². The second-order valence-electron chi connectivity index (χ2n) is 3.86. The lowest BCUT2D eigenvalue weighted by Crippen LogP contribution is -2.11. The molecule has 0 aliphatic heterocycles. The lowest BCUT2D eigenvalue weighted by atomic mass is 10.2. The number of rotatable bonds is 3. The van der Waals surface area contributed by atoms with Gasteiger partial charge in [0.2, 0.25) is 0 Å². The van der Waals surface area contributed by atoms with Gasteiger partial charge in [-0.2, -0.15) is 0 Å². The third kappa shape index (κ3) is 2.73. The minimum Gasteiger partial charge on any atom is -0.376 e. The summed E-state index contributed by atoms with van der Waals surface area (Å²) in [4.78, 5) is 10.1. The molecule has 2 aromatic rings. The highest BCUT2D eigenvalue weighted by atomic mass is 79.9. The van der Waals surface area contributed by atoms with Gasteiger partial charge in [-0.15, -0.1) is 0 Å². The van der Waals surface area contributed by atoms with E-state index in [2.05, 4.69) is 31.2 Å².